The van der Waals surface area contributed by atoms with Crippen LogP contribution in [0.5, 0.6) is 0 Å². The fourth-order valence-electron chi connectivity index (χ4n) is 4.64. The average molecular weight is 666 g/mol. The van der Waals surface area contributed by atoms with E-state index in [4.69, 9.17) is 0 Å². The smallest absolute Gasteiger partial charge is 0.325 e. The Bertz CT molecular complexity index is 1930. The zero-order valence-electron chi connectivity index (χ0n) is 25.6. The topological polar surface area (TPSA) is 87.3 Å². The van der Waals surface area contributed by atoms with Gasteiger partial charge in [0.25, 0.3) is 11.8 Å². The second-order valence-electron chi connectivity index (χ2n) is 10.7. The van der Waals surface area contributed by atoms with Crippen LogP contribution in [0.25, 0.3) is 6.08 Å². The van der Waals surface area contributed by atoms with Gasteiger partial charge in [-0.2, -0.15) is 13.2 Å². The molecule has 0 aliphatic rings. The van der Waals surface area contributed by atoms with E-state index >= 15 is 0 Å². The van der Waals surface area contributed by atoms with Gasteiger partial charge in [-0.05, 0) is 72.7 Å². The Morgan fingerprint density at radius 2 is 1.33 bits per heavy atom. The van der Waals surface area contributed by atoms with Crippen LogP contribution in [0.15, 0.2) is 144 Å². The third kappa shape index (κ3) is 9.23. The van der Waals surface area contributed by atoms with Crippen molar-refractivity contribution in [2.24, 2.45) is 0 Å². The largest absolute Gasteiger partial charge is 0.416 e. The molecule has 0 saturated carbocycles. The Morgan fingerprint density at radius 1 is 0.708 bits per heavy atom. The van der Waals surface area contributed by atoms with Crippen LogP contribution in [-0.2, 0) is 15.8 Å². The lowest BCUT2D eigenvalue weighted by Crippen LogP contribution is -2.30. The first-order valence-electron chi connectivity index (χ1n) is 14.8. The van der Waals surface area contributed by atoms with Gasteiger partial charge in [-0.15, -0.1) is 11.8 Å². The Kier molecular flexibility index (Phi) is 10.8. The summed E-state index contributed by atoms with van der Waals surface area (Å²) >= 11 is 1.17. The van der Waals surface area contributed by atoms with Gasteiger partial charge in [-0.25, -0.2) is 0 Å². The van der Waals surface area contributed by atoms with E-state index in [1.165, 1.54) is 23.9 Å². The van der Waals surface area contributed by atoms with E-state index in [2.05, 4.69) is 16.0 Å². The average Bonchev–Trinajstić information content (AvgIpc) is 3.08. The Balaban J connectivity index is 1.37. The van der Waals surface area contributed by atoms with Crippen molar-refractivity contribution < 1.29 is 27.6 Å². The number of hydrogen-bond donors (Lipinski definition) is 3. The van der Waals surface area contributed by atoms with Crippen LogP contribution >= 0.6 is 11.8 Å². The van der Waals surface area contributed by atoms with Crippen LogP contribution in [0.3, 0.4) is 0 Å². The van der Waals surface area contributed by atoms with Gasteiger partial charge < -0.3 is 16.0 Å². The van der Waals surface area contributed by atoms with Crippen LogP contribution < -0.4 is 16.0 Å². The van der Waals surface area contributed by atoms with Crippen molar-refractivity contribution in [1.29, 1.82) is 0 Å². The molecular formula is C38H30F3N3O3S. The van der Waals surface area contributed by atoms with Crippen molar-refractivity contribution in [2.45, 2.75) is 23.2 Å². The molecule has 1 unspecified atom stereocenters. The summed E-state index contributed by atoms with van der Waals surface area (Å²) in [6, 6.07) is 36.1. The number of anilines is 2. The first-order chi connectivity index (χ1) is 23.0. The van der Waals surface area contributed by atoms with Crippen LogP contribution in [0.4, 0.5) is 24.5 Å². The molecule has 3 N–H and O–H groups in total. The lowest BCUT2D eigenvalue weighted by molar-refractivity contribution is -0.137. The summed E-state index contributed by atoms with van der Waals surface area (Å²) in [6.45, 7) is 1.95. The van der Waals surface area contributed by atoms with E-state index in [-0.39, 0.29) is 11.4 Å². The molecule has 48 heavy (non-hydrogen) atoms. The highest BCUT2D eigenvalue weighted by Gasteiger charge is 2.31. The van der Waals surface area contributed by atoms with Crippen molar-refractivity contribution in [3.8, 4) is 0 Å². The quantitative estimate of drug-likeness (QED) is 0.103. The maximum atomic E-state index is 13.6. The lowest BCUT2D eigenvalue weighted by Gasteiger charge is -2.18. The van der Waals surface area contributed by atoms with Gasteiger partial charge in [0.2, 0.25) is 5.91 Å². The van der Waals surface area contributed by atoms with Crippen molar-refractivity contribution in [1.82, 2.24) is 5.32 Å². The first kappa shape index (κ1) is 33.7. The van der Waals surface area contributed by atoms with Crippen LogP contribution in [0, 0.1) is 6.92 Å². The molecular weight excluding hydrogens is 635 g/mol. The molecule has 1 atom stereocenters. The lowest BCUT2D eigenvalue weighted by atomic mass is 10.1. The monoisotopic (exact) mass is 665 g/mol. The highest BCUT2D eigenvalue weighted by atomic mass is 32.2. The van der Waals surface area contributed by atoms with Crippen LogP contribution in [0.2, 0.25) is 0 Å². The zero-order valence-corrected chi connectivity index (χ0v) is 26.4. The number of thioether (sulfide) groups is 1. The standard InChI is InChI=1S/C38H30F3N3O3S/c1-25-18-20-26(21-19-25)22-33(44-35(45)28-12-6-3-7-13-28)36(46)42-31-16-9-17-32(24-31)48-34(27-10-4-2-5-11-27)37(47)43-30-15-8-14-29(23-30)38(39,40)41/h2-24,34H,1H3,(H,42,46)(H,43,47)(H,44,45)/b33-22-. The minimum Gasteiger partial charge on any atom is -0.325 e. The zero-order chi connectivity index (χ0) is 34.1. The highest BCUT2D eigenvalue weighted by Crippen LogP contribution is 2.38. The Morgan fingerprint density at radius 3 is 2.00 bits per heavy atom. The van der Waals surface area contributed by atoms with Crippen molar-refractivity contribution >= 4 is 46.9 Å². The molecule has 0 fully saturated rings. The number of rotatable bonds is 10. The molecule has 3 amide bonds. The minimum absolute atomic E-state index is 0.0165. The van der Waals surface area contributed by atoms with E-state index in [1.54, 1.807) is 91.0 Å². The highest BCUT2D eigenvalue weighted by molar-refractivity contribution is 8.00. The number of nitrogens with one attached hydrogen (secondary N) is 3. The van der Waals surface area contributed by atoms with E-state index < -0.39 is 34.7 Å². The van der Waals surface area contributed by atoms with E-state index in [1.807, 2.05) is 31.2 Å². The first-order valence-corrected chi connectivity index (χ1v) is 15.7. The van der Waals surface area contributed by atoms with Crippen molar-refractivity contribution in [2.75, 3.05) is 10.6 Å². The molecule has 242 valence electrons. The predicted molar refractivity (Wildman–Crippen MR) is 183 cm³/mol. The molecule has 6 nitrogen and oxygen atoms in total. The Hall–Kier alpha value is -5.61. The molecule has 0 saturated heterocycles. The SMILES string of the molecule is Cc1ccc(/C=C(\NC(=O)c2ccccc2)C(=O)Nc2cccc(SC(C(=O)Nc3cccc(C(F)(F)F)c3)c3ccccc3)c2)cc1. The summed E-state index contributed by atoms with van der Waals surface area (Å²) < 4.78 is 39.9. The fraction of sp³-hybridized carbons (Fsp3) is 0.0789. The van der Waals surface area contributed by atoms with Crippen molar-refractivity contribution in [3.63, 3.8) is 0 Å². The van der Waals surface area contributed by atoms with E-state index in [0.717, 1.165) is 17.7 Å². The third-order valence-electron chi connectivity index (χ3n) is 7.06. The number of halogens is 3. The third-order valence-corrected chi connectivity index (χ3v) is 8.31. The molecule has 0 aromatic heterocycles. The second-order valence-corrected chi connectivity index (χ2v) is 11.9. The van der Waals surface area contributed by atoms with Gasteiger partial charge in [0.05, 0.1) is 5.56 Å². The van der Waals surface area contributed by atoms with E-state index in [9.17, 15) is 27.6 Å². The molecule has 0 bridgehead atoms. The summed E-state index contributed by atoms with van der Waals surface area (Å²) in [7, 11) is 0. The fourth-order valence-corrected chi connectivity index (χ4v) is 5.72. The van der Waals surface area contributed by atoms with Gasteiger partial charge in [0.15, 0.2) is 0 Å². The molecule has 0 aliphatic carbocycles. The number of alkyl halides is 3. The Labute approximate surface area is 280 Å². The maximum Gasteiger partial charge on any atom is 0.416 e. The number of amides is 3. The van der Waals surface area contributed by atoms with Crippen LogP contribution in [-0.4, -0.2) is 17.7 Å². The molecule has 0 heterocycles. The molecule has 10 heteroatoms. The molecule has 0 aliphatic heterocycles. The number of carbonyl (C=O) groups excluding carboxylic acids is 3. The molecule has 5 rings (SSSR count). The number of benzene rings is 5. The van der Waals surface area contributed by atoms with E-state index in [0.29, 0.717) is 27.3 Å². The normalized spacial score (nSPS) is 12.1. The van der Waals surface area contributed by atoms with Gasteiger partial charge in [0, 0.05) is 21.8 Å². The van der Waals surface area contributed by atoms with Gasteiger partial charge in [-0.3, -0.25) is 14.4 Å². The number of carbonyl (C=O) groups is 3. The number of hydrogen-bond acceptors (Lipinski definition) is 4. The van der Waals surface area contributed by atoms with Crippen molar-refractivity contribution in [3.05, 3.63) is 167 Å². The summed E-state index contributed by atoms with van der Waals surface area (Å²) in [5.74, 6) is -1.54. The van der Waals surface area contributed by atoms with Crippen LogP contribution in [0.1, 0.15) is 37.9 Å². The van der Waals surface area contributed by atoms with Gasteiger partial charge >= 0.3 is 6.18 Å². The summed E-state index contributed by atoms with van der Waals surface area (Å²) in [4.78, 5) is 40.7. The summed E-state index contributed by atoms with van der Waals surface area (Å²) in [5, 5.41) is 7.33. The number of aryl methyl sites for hydroxylation is 1. The molecule has 5 aromatic rings. The summed E-state index contributed by atoms with van der Waals surface area (Å²) in [6.07, 6.45) is -2.98. The molecule has 0 radical (unpaired) electrons. The predicted octanol–water partition coefficient (Wildman–Crippen LogP) is 8.90. The summed E-state index contributed by atoms with van der Waals surface area (Å²) in [5.41, 5.74) is 2.33. The van der Waals surface area contributed by atoms with Gasteiger partial charge in [0.1, 0.15) is 10.9 Å². The molecule has 5 aromatic carbocycles. The second kappa shape index (κ2) is 15.3. The maximum absolute atomic E-state index is 13.6. The minimum atomic E-state index is -4.56. The molecule has 0 spiro atoms. The van der Waals surface area contributed by atoms with Gasteiger partial charge in [-0.1, -0.05) is 90.5 Å².